The molecular formula is C20H13ClF5N3. The van der Waals surface area contributed by atoms with E-state index < -0.39 is 40.0 Å². The van der Waals surface area contributed by atoms with Crippen LogP contribution in [0, 0.1) is 18.6 Å². The van der Waals surface area contributed by atoms with Crippen LogP contribution in [-0.4, -0.2) is 15.3 Å². The fourth-order valence-electron chi connectivity index (χ4n) is 3.49. The summed E-state index contributed by atoms with van der Waals surface area (Å²) in [5.41, 5.74) is -1.30. The first-order chi connectivity index (χ1) is 13.6. The zero-order chi connectivity index (χ0) is 21.1. The maximum absolute atomic E-state index is 14.6. The molecule has 0 unspecified atom stereocenters. The number of imidazole rings is 1. The molecule has 1 aliphatic heterocycles. The van der Waals surface area contributed by atoms with E-state index in [9.17, 15) is 22.0 Å². The van der Waals surface area contributed by atoms with Gasteiger partial charge in [0.25, 0.3) is 0 Å². The van der Waals surface area contributed by atoms with Gasteiger partial charge in [-0.1, -0.05) is 17.7 Å². The molecule has 0 N–H and O–H groups in total. The Morgan fingerprint density at radius 2 is 1.69 bits per heavy atom. The normalized spacial score (nSPS) is 16.1. The highest BCUT2D eigenvalue weighted by molar-refractivity contribution is 6.37. The lowest BCUT2D eigenvalue weighted by Gasteiger charge is -2.19. The molecular weight excluding hydrogens is 413 g/mol. The number of halogens is 6. The van der Waals surface area contributed by atoms with Crippen LogP contribution in [0.3, 0.4) is 0 Å². The number of aliphatic imine (C=N–C) groups is 1. The molecule has 1 atom stereocenters. The summed E-state index contributed by atoms with van der Waals surface area (Å²) >= 11 is 6.19. The number of hydrogen-bond donors (Lipinski definition) is 0. The van der Waals surface area contributed by atoms with Crippen molar-refractivity contribution in [3.63, 3.8) is 0 Å². The summed E-state index contributed by atoms with van der Waals surface area (Å²) in [6.07, 6.45) is -3.21. The second-order valence-corrected chi connectivity index (χ2v) is 7.04. The van der Waals surface area contributed by atoms with Crippen molar-refractivity contribution in [3.8, 4) is 5.69 Å². The lowest BCUT2D eigenvalue weighted by molar-refractivity contribution is -0.137. The fourth-order valence-corrected chi connectivity index (χ4v) is 3.85. The zero-order valence-corrected chi connectivity index (χ0v) is 15.9. The van der Waals surface area contributed by atoms with E-state index in [1.165, 1.54) is 12.1 Å². The molecule has 9 heteroatoms. The number of rotatable bonds is 1. The minimum Gasteiger partial charge on any atom is -0.298 e. The topological polar surface area (TPSA) is 30.2 Å². The third-order valence-corrected chi connectivity index (χ3v) is 5.16. The summed E-state index contributed by atoms with van der Waals surface area (Å²) < 4.78 is 71.3. The van der Waals surface area contributed by atoms with Gasteiger partial charge in [0, 0.05) is 17.5 Å². The molecule has 0 aliphatic carbocycles. The molecule has 3 nitrogen and oxygen atoms in total. The van der Waals surface area contributed by atoms with Gasteiger partial charge in [-0.2, -0.15) is 13.2 Å². The summed E-state index contributed by atoms with van der Waals surface area (Å²) in [7, 11) is 0. The number of nitrogens with zero attached hydrogens (tertiary/aromatic N) is 3. The fraction of sp³-hybridized carbons (Fsp3) is 0.200. The molecule has 3 aromatic rings. The van der Waals surface area contributed by atoms with E-state index in [2.05, 4.69) is 9.98 Å². The number of aryl methyl sites for hydroxylation is 1. The van der Waals surface area contributed by atoms with E-state index in [1.54, 1.807) is 24.6 Å². The van der Waals surface area contributed by atoms with Gasteiger partial charge in [0.2, 0.25) is 0 Å². The molecule has 0 radical (unpaired) electrons. The second-order valence-electron chi connectivity index (χ2n) is 6.66. The standard InChI is InChI=1S/C20H13ClF5N3/c1-9-8-27-19-10(2)28-18(15-12(22)4-3-5-13(15)23)16-14(29(9)19)7-6-11(17(16)21)20(24,25)26/h3-8,10H,1-2H3/t10-/m0/s1. The lowest BCUT2D eigenvalue weighted by Crippen LogP contribution is -2.16. The van der Waals surface area contributed by atoms with Crippen LogP contribution in [0.1, 0.15) is 41.2 Å². The molecule has 29 heavy (non-hydrogen) atoms. The Bertz CT molecular complexity index is 1140. The molecule has 0 fully saturated rings. The van der Waals surface area contributed by atoms with Crippen molar-refractivity contribution >= 4 is 17.3 Å². The van der Waals surface area contributed by atoms with E-state index in [0.717, 1.165) is 18.2 Å². The minimum atomic E-state index is -4.75. The van der Waals surface area contributed by atoms with Crippen molar-refractivity contribution in [1.29, 1.82) is 0 Å². The minimum absolute atomic E-state index is 0.197. The summed E-state index contributed by atoms with van der Waals surface area (Å²) in [5, 5.41) is -0.676. The van der Waals surface area contributed by atoms with E-state index in [-0.39, 0.29) is 17.0 Å². The van der Waals surface area contributed by atoms with Crippen LogP contribution in [0.2, 0.25) is 5.02 Å². The third kappa shape index (κ3) is 3.02. The SMILES string of the molecule is Cc1cnc2n1-c1ccc(C(F)(F)F)c(Cl)c1C(c1c(F)cccc1F)=N[C@H]2C. The van der Waals surface area contributed by atoms with Crippen LogP contribution >= 0.6 is 11.6 Å². The first-order valence-electron chi connectivity index (χ1n) is 8.58. The smallest absolute Gasteiger partial charge is 0.298 e. The molecule has 0 amide bonds. The Balaban J connectivity index is 2.16. The molecule has 1 aliphatic rings. The molecule has 0 saturated carbocycles. The average molecular weight is 426 g/mol. The Morgan fingerprint density at radius 1 is 1.03 bits per heavy atom. The number of fused-ring (bicyclic) bond motifs is 3. The van der Waals surface area contributed by atoms with Crippen molar-refractivity contribution < 1.29 is 22.0 Å². The molecule has 2 heterocycles. The predicted molar refractivity (Wildman–Crippen MR) is 98.7 cm³/mol. The second kappa shape index (κ2) is 6.66. The predicted octanol–water partition coefficient (Wildman–Crippen LogP) is 6.04. The highest BCUT2D eigenvalue weighted by Crippen LogP contribution is 2.42. The van der Waals surface area contributed by atoms with Crippen molar-refractivity contribution in [2.45, 2.75) is 26.1 Å². The molecule has 0 spiro atoms. The summed E-state index contributed by atoms with van der Waals surface area (Å²) in [4.78, 5) is 8.62. The highest BCUT2D eigenvalue weighted by Gasteiger charge is 2.38. The highest BCUT2D eigenvalue weighted by atomic mass is 35.5. The molecule has 0 saturated heterocycles. The zero-order valence-electron chi connectivity index (χ0n) is 15.2. The van der Waals surface area contributed by atoms with Crippen molar-refractivity contribution in [2.75, 3.05) is 0 Å². The van der Waals surface area contributed by atoms with Gasteiger partial charge in [-0.25, -0.2) is 13.8 Å². The van der Waals surface area contributed by atoms with Crippen molar-refractivity contribution in [3.05, 3.63) is 81.4 Å². The molecule has 4 rings (SSSR count). The van der Waals surface area contributed by atoms with Crippen molar-refractivity contribution in [1.82, 2.24) is 9.55 Å². The summed E-state index contributed by atoms with van der Waals surface area (Å²) in [6.45, 7) is 3.36. The van der Waals surface area contributed by atoms with Gasteiger partial charge in [-0.05, 0) is 38.1 Å². The van der Waals surface area contributed by atoms with Crippen LogP contribution in [0.25, 0.3) is 5.69 Å². The van der Waals surface area contributed by atoms with Gasteiger partial charge in [-0.3, -0.25) is 9.56 Å². The Labute approximate surface area is 167 Å². The van der Waals surface area contributed by atoms with Gasteiger partial charge in [0.15, 0.2) is 0 Å². The number of hydrogen-bond acceptors (Lipinski definition) is 2. The van der Waals surface area contributed by atoms with Crippen LogP contribution in [-0.2, 0) is 6.18 Å². The van der Waals surface area contributed by atoms with Crippen molar-refractivity contribution in [2.24, 2.45) is 4.99 Å². The number of alkyl halides is 3. The maximum atomic E-state index is 14.6. The lowest BCUT2D eigenvalue weighted by atomic mass is 9.97. The van der Waals surface area contributed by atoms with E-state index >= 15 is 0 Å². The van der Waals surface area contributed by atoms with E-state index in [0.29, 0.717) is 11.5 Å². The third-order valence-electron chi connectivity index (χ3n) is 4.76. The van der Waals surface area contributed by atoms with Gasteiger partial charge >= 0.3 is 6.18 Å². The number of aromatic nitrogens is 2. The van der Waals surface area contributed by atoms with Gasteiger partial charge in [0.1, 0.15) is 23.5 Å². The average Bonchev–Trinajstić information content (AvgIpc) is 2.95. The van der Waals surface area contributed by atoms with Crippen LogP contribution < -0.4 is 0 Å². The molecule has 0 bridgehead atoms. The van der Waals surface area contributed by atoms with Crippen LogP contribution in [0.5, 0.6) is 0 Å². The van der Waals surface area contributed by atoms with Crippen LogP contribution in [0.4, 0.5) is 22.0 Å². The van der Waals surface area contributed by atoms with E-state index in [4.69, 9.17) is 11.6 Å². The van der Waals surface area contributed by atoms with Crippen LogP contribution in [0.15, 0.2) is 41.5 Å². The first kappa shape index (κ1) is 19.6. The first-order valence-corrected chi connectivity index (χ1v) is 8.96. The molecule has 2 aromatic carbocycles. The maximum Gasteiger partial charge on any atom is 0.417 e. The molecule has 150 valence electrons. The Hall–Kier alpha value is -2.74. The molecule has 1 aromatic heterocycles. The Morgan fingerprint density at radius 3 is 2.31 bits per heavy atom. The Kier molecular flexibility index (Phi) is 4.49. The van der Waals surface area contributed by atoms with Gasteiger partial charge in [0.05, 0.1) is 27.5 Å². The summed E-state index contributed by atoms with van der Waals surface area (Å²) in [5.74, 6) is -1.48. The monoisotopic (exact) mass is 425 g/mol. The summed E-state index contributed by atoms with van der Waals surface area (Å²) in [6, 6.07) is 4.57. The van der Waals surface area contributed by atoms with Gasteiger partial charge in [-0.15, -0.1) is 0 Å². The van der Waals surface area contributed by atoms with E-state index in [1.807, 2.05) is 0 Å². The largest absolute Gasteiger partial charge is 0.417 e. The van der Waals surface area contributed by atoms with Gasteiger partial charge < -0.3 is 0 Å². The quantitative estimate of drug-likeness (QED) is 0.437. The number of benzene rings is 2.